The van der Waals surface area contributed by atoms with Crippen molar-refractivity contribution in [1.29, 1.82) is 0 Å². The van der Waals surface area contributed by atoms with Crippen LogP contribution in [-0.4, -0.2) is 53.0 Å². The highest BCUT2D eigenvalue weighted by Gasteiger charge is 2.25. The van der Waals surface area contributed by atoms with Gasteiger partial charge in [0.1, 0.15) is 11.4 Å². The minimum atomic E-state index is -0.959. The van der Waals surface area contributed by atoms with Gasteiger partial charge >= 0.3 is 5.97 Å². The van der Waals surface area contributed by atoms with Gasteiger partial charge in [0, 0.05) is 38.8 Å². The maximum absolute atomic E-state index is 11.4. The first-order valence-corrected chi connectivity index (χ1v) is 6.62. The average molecular weight is 277 g/mol. The minimum absolute atomic E-state index is 0.0523. The minimum Gasteiger partial charge on any atom is -0.478 e. The number of rotatable bonds is 2. The fourth-order valence-electron chi connectivity index (χ4n) is 2.54. The lowest BCUT2D eigenvalue weighted by molar-refractivity contribution is -0.129. The Balaban J connectivity index is 2.30. The molecule has 6 heteroatoms. The molecule has 1 N–H and O–H groups in total. The lowest BCUT2D eigenvalue weighted by Crippen LogP contribution is -2.48. The van der Waals surface area contributed by atoms with E-state index in [9.17, 15) is 14.7 Å². The Kier molecular flexibility index (Phi) is 3.92. The number of hydrogen-bond donors (Lipinski definition) is 1. The van der Waals surface area contributed by atoms with E-state index in [1.807, 2.05) is 11.8 Å². The van der Waals surface area contributed by atoms with Crippen LogP contribution in [0.3, 0.4) is 0 Å². The number of carbonyl (C=O) groups excluding carboxylic acids is 1. The molecule has 0 aromatic carbocycles. The van der Waals surface area contributed by atoms with Gasteiger partial charge in [0.25, 0.3) is 0 Å². The van der Waals surface area contributed by atoms with Crippen molar-refractivity contribution in [3.05, 3.63) is 22.9 Å². The van der Waals surface area contributed by atoms with Crippen LogP contribution in [0.4, 0.5) is 5.82 Å². The molecule has 0 radical (unpaired) electrons. The van der Waals surface area contributed by atoms with Crippen molar-refractivity contribution >= 4 is 17.7 Å². The highest BCUT2D eigenvalue weighted by molar-refractivity contribution is 5.95. The number of carboxylic acid groups (broad SMARTS) is 1. The van der Waals surface area contributed by atoms with Gasteiger partial charge in [0.15, 0.2) is 0 Å². The summed E-state index contributed by atoms with van der Waals surface area (Å²) < 4.78 is 0. The maximum Gasteiger partial charge on any atom is 0.339 e. The second kappa shape index (κ2) is 5.48. The van der Waals surface area contributed by atoms with Gasteiger partial charge in [-0.1, -0.05) is 0 Å². The number of anilines is 1. The molecule has 1 fully saturated rings. The van der Waals surface area contributed by atoms with E-state index in [-0.39, 0.29) is 11.5 Å². The number of aromatic nitrogens is 1. The molecule has 108 valence electrons. The molecule has 1 aliphatic heterocycles. The Labute approximate surface area is 118 Å². The van der Waals surface area contributed by atoms with Crippen LogP contribution in [0, 0.1) is 13.8 Å². The van der Waals surface area contributed by atoms with Crippen molar-refractivity contribution in [3.8, 4) is 0 Å². The zero-order valence-electron chi connectivity index (χ0n) is 12.0. The summed E-state index contributed by atoms with van der Waals surface area (Å²) in [4.78, 5) is 30.9. The molecule has 1 aromatic heterocycles. The quantitative estimate of drug-likeness (QED) is 0.875. The molecule has 0 spiro atoms. The lowest BCUT2D eigenvalue weighted by atomic mass is 10.1. The number of carbonyl (C=O) groups is 2. The van der Waals surface area contributed by atoms with Gasteiger partial charge in [0.2, 0.25) is 5.91 Å². The van der Waals surface area contributed by atoms with E-state index in [4.69, 9.17) is 0 Å². The Morgan fingerprint density at radius 3 is 2.30 bits per heavy atom. The predicted molar refractivity (Wildman–Crippen MR) is 75.1 cm³/mol. The number of carboxylic acids is 1. The predicted octanol–water partition coefficient (Wildman–Crippen LogP) is 1.07. The number of nitrogens with zero attached hydrogens (tertiary/aromatic N) is 3. The van der Waals surface area contributed by atoms with E-state index in [0.29, 0.717) is 37.6 Å². The van der Waals surface area contributed by atoms with Gasteiger partial charge in [-0.15, -0.1) is 0 Å². The third kappa shape index (κ3) is 2.74. The van der Waals surface area contributed by atoms with E-state index in [1.54, 1.807) is 24.8 Å². The van der Waals surface area contributed by atoms with Gasteiger partial charge in [-0.05, 0) is 25.5 Å². The molecular weight excluding hydrogens is 258 g/mol. The number of aromatic carboxylic acids is 1. The van der Waals surface area contributed by atoms with Gasteiger partial charge in [-0.3, -0.25) is 4.79 Å². The van der Waals surface area contributed by atoms with Crippen LogP contribution in [0.1, 0.15) is 28.5 Å². The Morgan fingerprint density at radius 1 is 1.20 bits per heavy atom. The zero-order chi connectivity index (χ0) is 14.9. The molecule has 1 aliphatic rings. The van der Waals surface area contributed by atoms with Gasteiger partial charge in [-0.25, -0.2) is 9.78 Å². The van der Waals surface area contributed by atoms with Gasteiger partial charge < -0.3 is 14.9 Å². The lowest BCUT2D eigenvalue weighted by Gasteiger charge is -2.35. The number of pyridine rings is 1. The average Bonchev–Trinajstić information content (AvgIpc) is 2.37. The number of piperazine rings is 1. The molecule has 0 aliphatic carbocycles. The fourth-order valence-corrected chi connectivity index (χ4v) is 2.54. The summed E-state index contributed by atoms with van der Waals surface area (Å²) in [5.41, 5.74) is 1.78. The van der Waals surface area contributed by atoms with Gasteiger partial charge in [0.05, 0.1) is 0 Å². The molecule has 0 atom stereocenters. The molecule has 1 saturated heterocycles. The normalized spacial score (nSPS) is 15.3. The monoisotopic (exact) mass is 277 g/mol. The smallest absolute Gasteiger partial charge is 0.339 e. The first kappa shape index (κ1) is 14.3. The maximum atomic E-state index is 11.4. The third-order valence-electron chi connectivity index (χ3n) is 3.56. The molecule has 1 amide bonds. The van der Waals surface area contributed by atoms with Crippen LogP contribution < -0.4 is 4.90 Å². The first-order chi connectivity index (χ1) is 9.40. The Bertz CT molecular complexity index is 549. The number of amides is 1. The SMILES string of the molecule is CC(=O)N1CCN(c2nc(C)cc(C)c2C(=O)O)CC1. The molecule has 2 rings (SSSR count). The molecule has 0 bridgehead atoms. The number of hydrogen-bond acceptors (Lipinski definition) is 4. The Hall–Kier alpha value is -2.11. The summed E-state index contributed by atoms with van der Waals surface area (Å²) in [5.74, 6) is -0.395. The van der Waals surface area contributed by atoms with Crippen molar-refractivity contribution in [2.45, 2.75) is 20.8 Å². The van der Waals surface area contributed by atoms with Crippen LogP contribution in [0.15, 0.2) is 6.07 Å². The summed E-state index contributed by atoms with van der Waals surface area (Å²) >= 11 is 0. The van der Waals surface area contributed by atoms with E-state index in [0.717, 1.165) is 5.69 Å². The summed E-state index contributed by atoms with van der Waals surface area (Å²) in [6.07, 6.45) is 0. The molecule has 1 aromatic rings. The Morgan fingerprint density at radius 2 is 1.80 bits per heavy atom. The highest BCUT2D eigenvalue weighted by Crippen LogP contribution is 2.23. The summed E-state index contributed by atoms with van der Waals surface area (Å²) in [7, 11) is 0. The van der Waals surface area contributed by atoms with Crippen LogP contribution in [0.25, 0.3) is 0 Å². The second-order valence-corrected chi connectivity index (χ2v) is 5.08. The van der Waals surface area contributed by atoms with Crippen LogP contribution in [0.2, 0.25) is 0 Å². The topological polar surface area (TPSA) is 73.7 Å². The van der Waals surface area contributed by atoms with Crippen LogP contribution in [0.5, 0.6) is 0 Å². The molecule has 2 heterocycles. The second-order valence-electron chi connectivity index (χ2n) is 5.08. The highest BCUT2D eigenvalue weighted by atomic mass is 16.4. The van der Waals surface area contributed by atoms with Crippen molar-refractivity contribution in [1.82, 2.24) is 9.88 Å². The van der Waals surface area contributed by atoms with E-state index >= 15 is 0 Å². The zero-order valence-corrected chi connectivity index (χ0v) is 12.0. The van der Waals surface area contributed by atoms with Crippen LogP contribution >= 0.6 is 0 Å². The molecular formula is C14H19N3O3. The van der Waals surface area contributed by atoms with Gasteiger partial charge in [-0.2, -0.15) is 0 Å². The van der Waals surface area contributed by atoms with E-state index < -0.39 is 5.97 Å². The van der Waals surface area contributed by atoms with Crippen LogP contribution in [-0.2, 0) is 4.79 Å². The summed E-state index contributed by atoms with van der Waals surface area (Å²) in [6.45, 7) is 7.60. The molecule has 0 unspecified atom stereocenters. The molecule has 6 nitrogen and oxygen atoms in total. The molecule has 0 saturated carbocycles. The van der Waals surface area contributed by atoms with Crippen molar-refractivity contribution in [2.75, 3.05) is 31.1 Å². The largest absolute Gasteiger partial charge is 0.478 e. The van der Waals surface area contributed by atoms with Crippen molar-refractivity contribution < 1.29 is 14.7 Å². The number of aryl methyl sites for hydroxylation is 2. The van der Waals surface area contributed by atoms with Crippen molar-refractivity contribution in [3.63, 3.8) is 0 Å². The first-order valence-electron chi connectivity index (χ1n) is 6.62. The standard InChI is InChI=1S/C14H19N3O3/c1-9-8-10(2)15-13(12(9)14(19)20)17-6-4-16(5-7-17)11(3)18/h8H,4-7H2,1-3H3,(H,19,20). The summed E-state index contributed by atoms with van der Waals surface area (Å²) in [5, 5.41) is 9.38. The van der Waals surface area contributed by atoms with E-state index in [1.165, 1.54) is 0 Å². The fraction of sp³-hybridized carbons (Fsp3) is 0.500. The van der Waals surface area contributed by atoms with Crippen molar-refractivity contribution in [2.24, 2.45) is 0 Å². The third-order valence-corrected chi connectivity index (χ3v) is 3.56. The molecule has 20 heavy (non-hydrogen) atoms. The summed E-state index contributed by atoms with van der Waals surface area (Å²) in [6, 6.07) is 1.78. The van der Waals surface area contributed by atoms with E-state index in [2.05, 4.69) is 4.98 Å².